The standard InChI is InChI=1S/C24H26N4O2/c1-27-17-25-14-20(27)16-28-15-19(13-23(28)24(29)26-11-6-12-30-2)22-10-5-8-18-7-3-4-9-21(18)22/h3-5,7-10,13-15,17H,6,11-12,16H2,1-2H3,(H,26,29). The molecule has 6 heteroatoms. The number of imidazole rings is 1. The van der Waals surface area contributed by atoms with Gasteiger partial charge in [-0.25, -0.2) is 4.98 Å². The third-order valence-electron chi connectivity index (χ3n) is 5.29. The van der Waals surface area contributed by atoms with Gasteiger partial charge in [-0.1, -0.05) is 42.5 Å². The van der Waals surface area contributed by atoms with Crippen molar-refractivity contribution >= 4 is 16.7 Å². The molecule has 0 saturated heterocycles. The molecule has 30 heavy (non-hydrogen) atoms. The van der Waals surface area contributed by atoms with Crippen molar-refractivity contribution in [2.75, 3.05) is 20.3 Å². The van der Waals surface area contributed by atoms with Gasteiger partial charge in [-0.05, 0) is 28.8 Å². The summed E-state index contributed by atoms with van der Waals surface area (Å²) in [5, 5.41) is 5.36. The van der Waals surface area contributed by atoms with E-state index in [1.54, 1.807) is 13.4 Å². The second-order valence-corrected chi connectivity index (χ2v) is 7.37. The summed E-state index contributed by atoms with van der Waals surface area (Å²) < 4.78 is 9.04. The van der Waals surface area contributed by atoms with E-state index in [9.17, 15) is 4.79 Å². The van der Waals surface area contributed by atoms with Crippen molar-refractivity contribution in [2.24, 2.45) is 7.05 Å². The highest BCUT2D eigenvalue weighted by molar-refractivity contribution is 5.99. The molecule has 0 aliphatic rings. The van der Waals surface area contributed by atoms with E-state index < -0.39 is 0 Å². The Bertz CT molecular complexity index is 1150. The first kappa shape index (κ1) is 19.9. The molecule has 4 aromatic rings. The van der Waals surface area contributed by atoms with Gasteiger partial charge in [0.15, 0.2) is 0 Å². The van der Waals surface area contributed by atoms with E-state index in [1.807, 2.05) is 40.6 Å². The van der Waals surface area contributed by atoms with Crippen molar-refractivity contribution < 1.29 is 9.53 Å². The van der Waals surface area contributed by atoms with E-state index in [0.29, 0.717) is 25.4 Å². The number of methoxy groups -OCH3 is 1. The maximum Gasteiger partial charge on any atom is 0.267 e. The number of carbonyl (C=O) groups is 1. The molecule has 1 N–H and O–H groups in total. The molecule has 1 amide bonds. The summed E-state index contributed by atoms with van der Waals surface area (Å²) in [6, 6.07) is 16.6. The lowest BCUT2D eigenvalue weighted by atomic mass is 10.0. The van der Waals surface area contributed by atoms with Crippen LogP contribution in [0.4, 0.5) is 0 Å². The van der Waals surface area contributed by atoms with Crippen molar-refractivity contribution in [3.05, 3.63) is 78.6 Å². The summed E-state index contributed by atoms with van der Waals surface area (Å²) >= 11 is 0. The largest absolute Gasteiger partial charge is 0.385 e. The molecule has 6 nitrogen and oxygen atoms in total. The Morgan fingerprint density at radius 1 is 1.17 bits per heavy atom. The number of nitrogens with zero attached hydrogens (tertiary/aromatic N) is 3. The van der Waals surface area contributed by atoms with Crippen LogP contribution >= 0.6 is 0 Å². The van der Waals surface area contributed by atoms with Crippen LogP contribution in [0.15, 0.2) is 67.3 Å². The zero-order valence-corrected chi connectivity index (χ0v) is 17.3. The first-order valence-electron chi connectivity index (χ1n) is 10.1. The second-order valence-electron chi connectivity index (χ2n) is 7.37. The summed E-state index contributed by atoms with van der Waals surface area (Å²) in [6.07, 6.45) is 6.44. The quantitative estimate of drug-likeness (QED) is 0.455. The Morgan fingerprint density at radius 3 is 2.80 bits per heavy atom. The number of ether oxygens (including phenoxy) is 1. The van der Waals surface area contributed by atoms with E-state index in [-0.39, 0.29) is 5.91 Å². The molecule has 0 fully saturated rings. The zero-order chi connectivity index (χ0) is 20.9. The summed E-state index contributed by atoms with van der Waals surface area (Å²) in [5.74, 6) is -0.0836. The first-order valence-corrected chi connectivity index (χ1v) is 10.1. The van der Waals surface area contributed by atoms with E-state index >= 15 is 0 Å². The Balaban J connectivity index is 1.71. The molecule has 0 radical (unpaired) electrons. The first-order chi connectivity index (χ1) is 14.7. The SMILES string of the molecule is COCCCNC(=O)c1cc(-c2cccc3ccccc23)cn1Cc1cncn1C. The fraction of sp³-hybridized carbons (Fsp3) is 0.250. The zero-order valence-electron chi connectivity index (χ0n) is 17.3. The number of benzene rings is 2. The van der Waals surface area contributed by atoms with Gasteiger partial charge in [-0.3, -0.25) is 4.79 Å². The number of aromatic nitrogens is 3. The molecule has 0 unspecified atom stereocenters. The van der Waals surface area contributed by atoms with E-state index in [2.05, 4.69) is 46.8 Å². The molecule has 0 aliphatic heterocycles. The lowest BCUT2D eigenvalue weighted by molar-refractivity contribution is 0.0939. The maximum atomic E-state index is 13.0. The molecule has 0 spiro atoms. The van der Waals surface area contributed by atoms with Crippen molar-refractivity contribution in [1.29, 1.82) is 0 Å². The minimum atomic E-state index is -0.0836. The molecular weight excluding hydrogens is 376 g/mol. The molecule has 2 aromatic heterocycles. The number of hydrogen-bond donors (Lipinski definition) is 1. The lowest BCUT2D eigenvalue weighted by Gasteiger charge is -2.10. The van der Waals surface area contributed by atoms with Crippen molar-refractivity contribution in [3.63, 3.8) is 0 Å². The highest BCUT2D eigenvalue weighted by Crippen LogP contribution is 2.30. The lowest BCUT2D eigenvalue weighted by Crippen LogP contribution is -2.27. The minimum absolute atomic E-state index is 0.0836. The molecule has 0 aliphatic carbocycles. The van der Waals surface area contributed by atoms with Crippen LogP contribution in [0.3, 0.4) is 0 Å². The van der Waals surface area contributed by atoms with Crippen LogP contribution in [0.25, 0.3) is 21.9 Å². The number of hydrogen-bond acceptors (Lipinski definition) is 3. The molecule has 0 atom stereocenters. The fourth-order valence-corrected chi connectivity index (χ4v) is 3.68. The molecule has 0 bridgehead atoms. The van der Waals surface area contributed by atoms with Gasteiger partial charge in [0.05, 0.1) is 18.6 Å². The normalized spacial score (nSPS) is 11.1. The number of rotatable bonds is 8. The Labute approximate surface area is 176 Å². The monoisotopic (exact) mass is 402 g/mol. The summed E-state index contributed by atoms with van der Waals surface area (Å²) in [4.78, 5) is 17.2. The van der Waals surface area contributed by atoms with E-state index in [0.717, 1.165) is 23.2 Å². The van der Waals surface area contributed by atoms with E-state index in [4.69, 9.17) is 4.74 Å². The summed E-state index contributed by atoms with van der Waals surface area (Å²) in [5.41, 5.74) is 3.81. The van der Waals surface area contributed by atoms with Crippen LogP contribution in [0.5, 0.6) is 0 Å². The number of amides is 1. The predicted molar refractivity (Wildman–Crippen MR) is 119 cm³/mol. The predicted octanol–water partition coefficient (Wildman–Crippen LogP) is 3.86. The number of carbonyl (C=O) groups excluding carboxylic acids is 1. The summed E-state index contributed by atoms with van der Waals surface area (Å²) in [6.45, 7) is 1.77. The van der Waals surface area contributed by atoms with Crippen molar-refractivity contribution in [2.45, 2.75) is 13.0 Å². The third-order valence-corrected chi connectivity index (χ3v) is 5.29. The van der Waals surface area contributed by atoms with Crippen LogP contribution in [-0.4, -0.2) is 40.3 Å². The number of nitrogens with one attached hydrogen (secondary N) is 1. The third kappa shape index (κ3) is 4.14. The van der Waals surface area contributed by atoms with Gasteiger partial charge in [-0.15, -0.1) is 0 Å². The molecule has 2 aromatic carbocycles. The van der Waals surface area contributed by atoms with Crippen LogP contribution in [0.1, 0.15) is 22.6 Å². The Kier molecular flexibility index (Phi) is 5.95. The van der Waals surface area contributed by atoms with Gasteiger partial charge in [0, 0.05) is 45.3 Å². The smallest absolute Gasteiger partial charge is 0.267 e. The number of fused-ring (bicyclic) bond motifs is 1. The number of aryl methyl sites for hydroxylation is 1. The molecule has 4 rings (SSSR count). The molecule has 154 valence electrons. The van der Waals surface area contributed by atoms with Crippen LogP contribution < -0.4 is 5.32 Å². The molecule has 0 saturated carbocycles. The van der Waals surface area contributed by atoms with Crippen molar-refractivity contribution in [1.82, 2.24) is 19.4 Å². The van der Waals surface area contributed by atoms with Gasteiger partial charge >= 0.3 is 0 Å². The highest BCUT2D eigenvalue weighted by atomic mass is 16.5. The van der Waals surface area contributed by atoms with Gasteiger partial charge in [0.25, 0.3) is 5.91 Å². The van der Waals surface area contributed by atoms with Crippen LogP contribution in [-0.2, 0) is 18.3 Å². The van der Waals surface area contributed by atoms with Crippen LogP contribution in [0, 0.1) is 0 Å². The second kappa shape index (κ2) is 8.97. The van der Waals surface area contributed by atoms with Gasteiger partial charge in [0.1, 0.15) is 5.69 Å². The summed E-state index contributed by atoms with van der Waals surface area (Å²) in [7, 11) is 3.62. The topological polar surface area (TPSA) is 61.1 Å². The Hall–Kier alpha value is -3.38. The molecule has 2 heterocycles. The highest BCUT2D eigenvalue weighted by Gasteiger charge is 2.16. The minimum Gasteiger partial charge on any atom is -0.385 e. The molecular formula is C24H26N4O2. The Morgan fingerprint density at radius 2 is 2.00 bits per heavy atom. The average molecular weight is 402 g/mol. The van der Waals surface area contributed by atoms with Gasteiger partial charge in [0.2, 0.25) is 0 Å². The van der Waals surface area contributed by atoms with Crippen molar-refractivity contribution in [3.8, 4) is 11.1 Å². The fourth-order valence-electron chi connectivity index (χ4n) is 3.68. The van der Waals surface area contributed by atoms with Gasteiger partial charge in [-0.2, -0.15) is 0 Å². The maximum absolute atomic E-state index is 13.0. The van der Waals surface area contributed by atoms with Gasteiger partial charge < -0.3 is 19.2 Å². The average Bonchev–Trinajstić information content (AvgIpc) is 3.37. The van der Waals surface area contributed by atoms with Crippen LogP contribution in [0.2, 0.25) is 0 Å². The van der Waals surface area contributed by atoms with E-state index in [1.165, 1.54) is 10.8 Å².